The minimum atomic E-state index is -1.38. The lowest BCUT2D eigenvalue weighted by Gasteiger charge is -2.36. The Bertz CT molecular complexity index is 1930. The molecule has 2 aromatic heterocycles. The Kier molecular flexibility index (Phi) is 8.48. The number of ether oxygens (including phenoxy) is 1. The fourth-order valence-electron chi connectivity index (χ4n) is 5.54. The third-order valence-corrected chi connectivity index (χ3v) is 7.70. The largest absolute Gasteiger partial charge is 0.477 e. The van der Waals surface area contributed by atoms with Crippen LogP contribution in [-0.4, -0.2) is 69.8 Å². The molecule has 1 N–H and O–H groups in total. The van der Waals surface area contributed by atoms with Crippen molar-refractivity contribution in [3.63, 3.8) is 0 Å². The second-order valence-electron chi connectivity index (χ2n) is 10.3. The summed E-state index contributed by atoms with van der Waals surface area (Å²) in [5.74, 6) is -2.91. The summed E-state index contributed by atoms with van der Waals surface area (Å²) < 4.78 is 23.7. The summed E-state index contributed by atoms with van der Waals surface area (Å²) in [7, 11) is 0. The number of anilines is 1. The van der Waals surface area contributed by atoms with Crippen molar-refractivity contribution in [3.8, 4) is 6.07 Å². The predicted octanol–water partition coefficient (Wildman–Crippen LogP) is 3.63. The summed E-state index contributed by atoms with van der Waals surface area (Å²) in [6.07, 6.45) is 4.48. The Morgan fingerprint density at radius 3 is 2.41 bits per heavy atom. The normalized spacial score (nSPS) is 13.7. The monoisotopic (exact) mass is 599 g/mol. The van der Waals surface area contributed by atoms with Crippen LogP contribution in [-0.2, 0) is 27.4 Å². The number of pyridine rings is 1. The lowest BCUT2D eigenvalue weighted by atomic mass is 10.1. The Hall–Kier alpha value is -5.44. The average molecular weight is 600 g/mol. The number of fused-ring (bicyclic) bond motifs is 2. The van der Waals surface area contributed by atoms with Crippen molar-refractivity contribution in [3.05, 3.63) is 81.5 Å². The topological polar surface area (TPSA) is 138 Å². The molecule has 5 rings (SSSR count). The molecule has 4 aromatic rings. The number of piperazine rings is 1. The number of esters is 1. The number of carbonyl (C=O) groups is 3. The number of aromatic carboxylic acids is 1. The molecule has 1 amide bonds. The highest BCUT2D eigenvalue weighted by Gasteiger charge is 2.27. The summed E-state index contributed by atoms with van der Waals surface area (Å²) >= 11 is 0. The van der Waals surface area contributed by atoms with Gasteiger partial charge in [0, 0.05) is 67.0 Å². The number of carboxylic acid groups (broad SMARTS) is 1. The third-order valence-electron chi connectivity index (χ3n) is 7.70. The van der Waals surface area contributed by atoms with E-state index in [-0.39, 0.29) is 56.0 Å². The van der Waals surface area contributed by atoms with Gasteiger partial charge in [-0.1, -0.05) is 18.2 Å². The average Bonchev–Trinajstić information content (AvgIpc) is 3.36. The van der Waals surface area contributed by atoms with Gasteiger partial charge in [0.15, 0.2) is 0 Å². The van der Waals surface area contributed by atoms with Crippen LogP contribution in [0.4, 0.5) is 10.1 Å². The molecule has 0 bridgehead atoms. The van der Waals surface area contributed by atoms with E-state index in [2.05, 4.69) is 0 Å². The predicted molar refractivity (Wildman–Crippen MR) is 162 cm³/mol. The van der Waals surface area contributed by atoms with Crippen molar-refractivity contribution in [1.82, 2.24) is 14.0 Å². The van der Waals surface area contributed by atoms with Gasteiger partial charge in [0.1, 0.15) is 29.6 Å². The number of para-hydroxylation sites is 1. The van der Waals surface area contributed by atoms with Crippen molar-refractivity contribution in [1.29, 1.82) is 5.26 Å². The van der Waals surface area contributed by atoms with Crippen LogP contribution in [0.1, 0.15) is 29.8 Å². The van der Waals surface area contributed by atoms with Crippen LogP contribution < -0.4 is 10.3 Å². The second-order valence-corrected chi connectivity index (χ2v) is 10.3. The van der Waals surface area contributed by atoms with Crippen molar-refractivity contribution in [2.45, 2.75) is 26.9 Å². The highest BCUT2D eigenvalue weighted by atomic mass is 19.1. The van der Waals surface area contributed by atoms with E-state index in [9.17, 15) is 29.5 Å². The highest BCUT2D eigenvalue weighted by Crippen LogP contribution is 2.28. The first-order valence-corrected chi connectivity index (χ1v) is 14.2. The van der Waals surface area contributed by atoms with E-state index >= 15 is 4.39 Å². The van der Waals surface area contributed by atoms with Crippen LogP contribution in [0, 0.1) is 17.1 Å². The first kappa shape index (κ1) is 30.0. The molecule has 0 aliphatic carbocycles. The SMILES string of the molecule is CCOC(=O)Cn1cc(/C=C(\C#N)C(=O)N2CCN(c3cc4c(cc3F)c(=O)c(C(=O)O)cn4CC)CC2)c2ccccc21. The van der Waals surface area contributed by atoms with Gasteiger partial charge in [-0.25, -0.2) is 9.18 Å². The van der Waals surface area contributed by atoms with E-state index in [0.29, 0.717) is 17.6 Å². The molecule has 3 heterocycles. The first-order valence-electron chi connectivity index (χ1n) is 14.2. The molecule has 1 aliphatic heterocycles. The fourth-order valence-corrected chi connectivity index (χ4v) is 5.54. The zero-order valence-electron chi connectivity index (χ0n) is 24.2. The molecule has 2 aromatic carbocycles. The molecule has 44 heavy (non-hydrogen) atoms. The smallest absolute Gasteiger partial charge is 0.341 e. The lowest BCUT2D eigenvalue weighted by Crippen LogP contribution is -2.49. The summed E-state index contributed by atoms with van der Waals surface area (Å²) in [4.78, 5) is 53.0. The maximum atomic E-state index is 15.3. The van der Waals surface area contributed by atoms with Crippen LogP contribution in [0.5, 0.6) is 0 Å². The number of amides is 1. The quantitative estimate of drug-likeness (QED) is 0.184. The first-order chi connectivity index (χ1) is 21.2. The molecule has 11 nitrogen and oxygen atoms in total. The van der Waals surface area contributed by atoms with E-state index < -0.39 is 34.7 Å². The molecule has 0 saturated carbocycles. The van der Waals surface area contributed by atoms with Gasteiger partial charge < -0.3 is 28.8 Å². The van der Waals surface area contributed by atoms with Crippen molar-refractivity contribution < 1.29 is 28.6 Å². The Labute approximate surface area is 251 Å². The molecule has 1 fully saturated rings. The number of benzene rings is 2. The molecule has 0 unspecified atom stereocenters. The van der Waals surface area contributed by atoms with E-state index in [1.165, 1.54) is 23.2 Å². The molecule has 0 spiro atoms. The van der Waals surface area contributed by atoms with Gasteiger partial charge in [-0.15, -0.1) is 0 Å². The number of carboxylic acids is 1. The van der Waals surface area contributed by atoms with Gasteiger partial charge in [0.2, 0.25) is 5.43 Å². The third kappa shape index (κ3) is 5.64. The van der Waals surface area contributed by atoms with Gasteiger partial charge in [-0.3, -0.25) is 14.4 Å². The number of aromatic nitrogens is 2. The summed E-state index contributed by atoms with van der Waals surface area (Å²) in [6.45, 7) is 5.12. The number of hydrogen-bond acceptors (Lipinski definition) is 7. The number of halogens is 1. The van der Waals surface area contributed by atoms with E-state index in [4.69, 9.17) is 4.74 Å². The summed E-state index contributed by atoms with van der Waals surface area (Å²) in [5, 5.41) is 20.0. The number of nitriles is 1. The van der Waals surface area contributed by atoms with Gasteiger partial charge in [0.05, 0.1) is 17.8 Å². The van der Waals surface area contributed by atoms with E-state index in [0.717, 1.165) is 17.0 Å². The maximum Gasteiger partial charge on any atom is 0.341 e. The number of carbonyl (C=O) groups excluding carboxylic acids is 2. The standard InChI is InChI=1S/C32H30FN5O6/c1-3-35-18-24(32(42)43)30(40)23-14-25(33)28(15-27(23)35)36-9-11-37(12-10-36)31(41)20(16-34)13-21-17-38(19-29(39)44-4-2)26-8-6-5-7-22(21)26/h5-8,13-15,17-18H,3-4,9-12,19H2,1-2H3,(H,42,43)/b20-13+. The van der Waals surface area contributed by atoms with Crippen molar-refractivity contribution in [2.24, 2.45) is 0 Å². The minimum absolute atomic E-state index is 0.0135. The lowest BCUT2D eigenvalue weighted by molar-refractivity contribution is -0.143. The van der Waals surface area contributed by atoms with Crippen LogP contribution >= 0.6 is 0 Å². The maximum absolute atomic E-state index is 15.3. The molecule has 12 heteroatoms. The molecular weight excluding hydrogens is 569 g/mol. The zero-order valence-corrected chi connectivity index (χ0v) is 24.2. The Morgan fingerprint density at radius 1 is 1.02 bits per heavy atom. The fraction of sp³-hybridized carbons (Fsp3) is 0.281. The van der Waals surface area contributed by atoms with Crippen LogP contribution in [0.2, 0.25) is 0 Å². The molecule has 0 radical (unpaired) electrons. The number of aryl methyl sites for hydroxylation is 1. The molecule has 1 aliphatic rings. The number of hydrogen-bond donors (Lipinski definition) is 1. The Morgan fingerprint density at radius 2 is 1.75 bits per heavy atom. The van der Waals surface area contributed by atoms with E-state index in [1.54, 1.807) is 34.1 Å². The van der Waals surface area contributed by atoms with Crippen LogP contribution in [0.25, 0.3) is 27.9 Å². The minimum Gasteiger partial charge on any atom is -0.477 e. The molecule has 226 valence electrons. The van der Waals surface area contributed by atoms with Gasteiger partial charge >= 0.3 is 11.9 Å². The molecular formula is C32H30FN5O6. The summed E-state index contributed by atoms with van der Waals surface area (Å²) in [6, 6.07) is 12.0. The zero-order chi connectivity index (χ0) is 31.5. The van der Waals surface area contributed by atoms with Crippen molar-refractivity contribution in [2.75, 3.05) is 37.7 Å². The molecule has 1 saturated heterocycles. The second kappa shape index (κ2) is 12.4. The van der Waals surface area contributed by atoms with Crippen LogP contribution in [0.3, 0.4) is 0 Å². The van der Waals surface area contributed by atoms with E-state index in [1.807, 2.05) is 30.3 Å². The van der Waals surface area contributed by atoms with Gasteiger partial charge in [-0.2, -0.15) is 5.26 Å². The molecule has 0 atom stereocenters. The van der Waals surface area contributed by atoms with Crippen LogP contribution in [0.15, 0.2) is 59.2 Å². The number of nitrogens with zero attached hydrogens (tertiary/aromatic N) is 5. The number of rotatable bonds is 8. The highest BCUT2D eigenvalue weighted by molar-refractivity contribution is 6.04. The van der Waals surface area contributed by atoms with Gasteiger partial charge in [-0.05, 0) is 38.1 Å². The van der Waals surface area contributed by atoms with Gasteiger partial charge in [0.25, 0.3) is 5.91 Å². The van der Waals surface area contributed by atoms with Crippen molar-refractivity contribution >= 4 is 51.4 Å². The summed E-state index contributed by atoms with van der Waals surface area (Å²) in [5.41, 5.74) is 0.765. The Balaban J connectivity index is 1.37.